The van der Waals surface area contributed by atoms with E-state index < -0.39 is 29.6 Å². The summed E-state index contributed by atoms with van der Waals surface area (Å²) in [5, 5.41) is 8.44. The van der Waals surface area contributed by atoms with E-state index >= 15 is 0 Å². The van der Waals surface area contributed by atoms with Gasteiger partial charge in [-0.2, -0.15) is 4.39 Å². The lowest BCUT2D eigenvalue weighted by atomic mass is 10.2. The third-order valence-corrected chi connectivity index (χ3v) is 2.29. The van der Waals surface area contributed by atoms with Gasteiger partial charge in [-0.15, -0.1) is 0 Å². The largest absolute Gasteiger partial charge is 0.477 e. The van der Waals surface area contributed by atoms with Gasteiger partial charge < -0.3 is 5.11 Å². The zero-order chi connectivity index (χ0) is 10.9. The minimum absolute atomic E-state index is 0.150. The van der Waals surface area contributed by atoms with E-state index in [0.29, 0.717) is 0 Å². The second-order valence-corrected chi connectivity index (χ2v) is 3.46. The Bertz CT molecular complexity index is 360. The molecule has 1 aromatic heterocycles. The first-order valence-electron chi connectivity index (χ1n) is 3.31. The molecule has 0 fully saturated rings. The van der Waals surface area contributed by atoms with Crippen molar-refractivity contribution in [3.05, 3.63) is 26.8 Å². The molecule has 0 radical (unpaired) electrons. The van der Waals surface area contributed by atoms with Crippen LogP contribution in [0.15, 0.2) is 6.07 Å². The fraction of sp³-hybridized carbons (Fsp3) is 0.143. The van der Waals surface area contributed by atoms with Gasteiger partial charge in [-0.1, -0.05) is 0 Å². The highest BCUT2D eigenvalue weighted by Crippen LogP contribution is 2.26. The van der Waals surface area contributed by atoms with Crippen molar-refractivity contribution in [1.29, 1.82) is 0 Å². The molecule has 1 heterocycles. The van der Waals surface area contributed by atoms with E-state index in [2.05, 4.69) is 4.98 Å². The van der Waals surface area contributed by atoms with Gasteiger partial charge in [0.2, 0.25) is 5.95 Å². The van der Waals surface area contributed by atoms with Gasteiger partial charge in [-0.05, 0) is 28.7 Å². The molecule has 76 valence electrons. The number of halogens is 4. The van der Waals surface area contributed by atoms with Crippen molar-refractivity contribution in [2.45, 2.75) is 6.43 Å². The van der Waals surface area contributed by atoms with Crippen LogP contribution in [0.2, 0.25) is 0 Å². The summed E-state index contributed by atoms with van der Waals surface area (Å²) in [6, 6.07) is 0.896. The molecule has 0 aliphatic carbocycles. The van der Waals surface area contributed by atoms with Gasteiger partial charge in [0.05, 0.1) is 5.56 Å². The van der Waals surface area contributed by atoms with Crippen molar-refractivity contribution in [2.24, 2.45) is 0 Å². The monoisotopic (exact) mass is 317 g/mol. The molecule has 0 atom stereocenters. The van der Waals surface area contributed by atoms with Crippen molar-refractivity contribution in [2.75, 3.05) is 0 Å². The molecule has 0 amide bonds. The average Bonchev–Trinajstić information content (AvgIpc) is 2.01. The van der Waals surface area contributed by atoms with E-state index in [9.17, 15) is 18.0 Å². The first-order valence-corrected chi connectivity index (χ1v) is 4.38. The summed E-state index contributed by atoms with van der Waals surface area (Å²) in [7, 11) is 0. The molecule has 3 nitrogen and oxygen atoms in total. The zero-order valence-corrected chi connectivity index (χ0v) is 8.63. The van der Waals surface area contributed by atoms with Gasteiger partial charge in [0.15, 0.2) is 5.69 Å². The predicted molar refractivity (Wildman–Crippen MR) is 48.8 cm³/mol. The number of aromatic carboxylic acids is 1. The third kappa shape index (κ3) is 2.14. The van der Waals surface area contributed by atoms with Gasteiger partial charge in [0, 0.05) is 3.57 Å². The van der Waals surface area contributed by atoms with Crippen LogP contribution in [0.1, 0.15) is 22.5 Å². The summed E-state index contributed by atoms with van der Waals surface area (Å²) in [5.74, 6) is -2.90. The smallest absolute Gasteiger partial charge is 0.354 e. The number of rotatable bonds is 2. The number of aromatic nitrogens is 1. The van der Waals surface area contributed by atoms with E-state index in [4.69, 9.17) is 5.11 Å². The number of hydrogen-bond acceptors (Lipinski definition) is 2. The molecule has 1 rings (SSSR count). The molecule has 14 heavy (non-hydrogen) atoms. The first-order chi connectivity index (χ1) is 6.43. The molecule has 0 saturated carbocycles. The Labute approximate surface area is 90.1 Å². The molecular formula is C7H3F3INO2. The Kier molecular flexibility index (Phi) is 3.29. The fourth-order valence-electron chi connectivity index (χ4n) is 0.798. The van der Waals surface area contributed by atoms with E-state index in [1.54, 1.807) is 0 Å². The third-order valence-electron chi connectivity index (χ3n) is 1.40. The number of carbonyl (C=O) groups is 1. The van der Waals surface area contributed by atoms with Gasteiger partial charge in [0.1, 0.15) is 0 Å². The average molecular weight is 317 g/mol. The lowest BCUT2D eigenvalue weighted by Gasteiger charge is -2.04. The van der Waals surface area contributed by atoms with Crippen molar-refractivity contribution < 1.29 is 23.1 Å². The minimum Gasteiger partial charge on any atom is -0.477 e. The summed E-state index contributed by atoms with van der Waals surface area (Å²) < 4.78 is 37.1. The van der Waals surface area contributed by atoms with Crippen LogP contribution in [-0.2, 0) is 0 Å². The maximum atomic E-state index is 12.9. The highest BCUT2D eigenvalue weighted by atomic mass is 127. The fourth-order valence-corrected chi connectivity index (χ4v) is 1.55. The molecule has 0 bridgehead atoms. The lowest BCUT2D eigenvalue weighted by molar-refractivity contribution is 0.0687. The SMILES string of the molecule is O=C(O)c1cc(I)c(C(F)F)c(F)n1. The minimum atomic E-state index is -3.00. The number of hydrogen-bond donors (Lipinski definition) is 1. The number of alkyl halides is 2. The zero-order valence-electron chi connectivity index (χ0n) is 6.47. The second kappa shape index (κ2) is 4.11. The highest BCUT2D eigenvalue weighted by molar-refractivity contribution is 14.1. The Morgan fingerprint density at radius 2 is 2.14 bits per heavy atom. The van der Waals surface area contributed by atoms with Crippen LogP contribution in [0, 0.1) is 9.52 Å². The molecule has 1 N–H and O–H groups in total. The Hall–Kier alpha value is -0.860. The van der Waals surface area contributed by atoms with Gasteiger partial charge >= 0.3 is 5.97 Å². The maximum Gasteiger partial charge on any atom is 0.354 e. The van der Waals surface area contributed by atoms with E-state index in [-0.39, 0.29) is 3.57 Å². The molecule has 0 aromatic carbocycles. The Balaban J connectivity index is 3.32. The van der Waals surface area contributed by atoms with Crippen LogP contribution >= 0.6 is 22.6 Å². The lowest BCUT2D eigenvalue weighted by Crippen LogP contribution is -2.07. The van der Waals surface area contributed by atoms with Crippen molar-refractivity contribution in [1.82, 2.24) is 4.98 Å². The van der Waals surface area contributed by atoms with Crippen LogP contribution in [-0.4, -0.2) is 16.1 Å². The first kappa shape index (κ1) is 11.2. The van der Waals surface area contributed by atoms with Crippen molar-refractivity contribution in [3.63, 3.8) is 0 Å². The molecular weight excluding hydrogens is 314 g/mol. The van der Waals surface area contributed by atoms with Crippen LogP contribution in [0.5, 0.6) is 0 Å². The molecule has 0 spiro atoms. The quantitative estimate of drug-likeness (QED) is 0.673. The summed E-state index contributed by atoms with van der Waals surface area (Å²) in [5.41, 5.74) is -1.45. The second-order valence-electron chi connectivity index (χ2n) is 2.30. The normalized spacial score (nSPS) is 10.6. The summed E-state index contributed by atoms with van der Waals surface area (Å²) in [6.07, 6.45) is -3.00. The molecule has 1 aromatic rings. The van der Waals surface area contributed by atoms with Crippen molar-refractivity contribution >= 4 is 28.6 Å². The number of carboxylic acid groups (broad SMARTS) is 1. The standard InChI is InChI=1S/C7H3F3INO2/c8-5(9)4-2(11)1-3(7(13)14)12-6(4)10/h1,5H,(H,13,14). The predicted octanol–water partition coefficient (Wildman–Crippen LogP) is 2.46. The van der Waals surface area contributed by atoms with Crippen molar-refractivity contribution in [3.8, 4) is 0 Å². The molecule has 0 aliphatic rings. The summed E-state index contributed by atoms with van der Waals surface area (Å²) in [6.45, 7) is 0. The van der Waals surface area contributed by atoms with Crippen LogP contribution < -0.4 is 0 Å². The summed E-state index contributed by atoms with van der Waals surface area (Å²) >= 11 is 1.44. The van der Waals surface area contributed by atoms with E-state index in [0.717, 1.165) is 6.07 Å². The van der Waals surface area contributed by atoms with Crippen LogP contribution in [0.4, 0.5) is 13.2 Å². The topological polar surface area (TPSA) is 50.2 Å². The van der Waals surface area contributed by atoms with Crippen LogP contribution in [0.25, 0.3) is 0 Å². The number of carboxylic acids is 1. The van der Waals surface area contributed by atoms with Gasteiger partial charge in [0.25, 0.3) is 6.43 Å². The van der Waals surface area contributed by atoms with E-state index in [1.807, 2.05) is 0 Å². The molecule has 7 heteroatoms. The summed E-state index contributed by atoms with van der Waals surface area (Å²) in [4.78, 5) is 13.3. The Morgan fingerprint density at radius 3 is 2.50 bits per heavy atom. The highest BCUT2D eigenvalue weighted by Gasteiger charge is 2.21. The molecule has 0 saturated heterocycles. The number of pyridine rings is 1. The van der Waals surface area contributed by atoms with Gasteiger partial charge in [-0.3, -0.25) is 0 Å². The van der Waals surface area contributed by atoms with Crippen LogP contribution in [0.3, 0.4) is 0 Å². The molecule has 0 aliphatic heterocycles. The Morgan fingerprint density at radius 1 is 1.57 bits per heavy atom. The van der Waals surface area contributed by atoms with E-state index in [1.165, 1.54) is 22.6 Å². The number of nitrogens with zero attached hydrogens (tertiary/aromatic N) is 1. The maximum absolute atomic E-state index is 12.9. The molecule has 0 unspecified atom stereocenters. The van der Waals surface area contributed by atoms with Gasteiger partial charge in [-0.25, -0.2) is 18.6 Å².